The second kappa shape index (κ2) is 9.25. The van der Waals surface area contributed by atoms with E-state index in [1.807, 2.05) is 18.2 Å². The third-order valence-corrected chi connectivity index (χ3v) is 5.05. The molecule has 0 atom stereocenters. The quantitative estimate of drug-likeness (QED) is 0.531. The second-order valence-electron chi connectivity index (χ2n) is 5.69. The molecule has 0 aliphatic heterocycles. The summed E-state index contributed by atoms with van der Waals surface area (Å²) in [5, 5.41) is 12.2. The molecule has 0 bridgehead atoms. The SMILES string of the molecule is CCNc1cccc(COc2c(Br)cc(CCC(=O)O)cc2Br)c1C. The molecule has 0 saturated carbocycles. The minimum absolute atomic E-state index is 0.107. The smallest absolute Gasteiger partial charge is 0.303 e. The number of carboxylic acid groups (broad SMARTS) is 1. The number of hydrogen-bond donors (Lipinski definition) is 2. The van der Waals surface area contributed by atoms with Gasteiger partial charge in [0.25, 0.3) is 0 Å². The fraction of sp³-hybridized carbons (Fsp3) is 0.316. The van der Waals surface area contributed by atoms with E-state index in [0.29, 0.717) is 18.8 Å². The molecule has 0 heterocycles. The minimum Gasteiger partial charge on any atom is -0.487 e. The molecule has 0 aliphatic rings. The molecule has 0 fully saturated rings. The molecule has 4 nitrogen and oxygen atoms in total. The van der Waals surface area contributed by atoms with E-state index in [9.17, 15) is 4.79 Å². The van der Waals surface area contributed by atoms with Gasteiger partial charge < -0.3 is 15.2 Å². The summed E-state index contributed by atoms with van der Waals surface area (Å²) in [7, 11) is 0. The van der Waals surface area contributed by atoms with E-state index in [-0.39, 0.29) is 6.42 Å². The van der Waals surface area contributed by atoms with Crippen LogP contribution in [0.2, 0.25) is 0 Å². The number of rotatable bonds is 8. The van der Waals surface area contributed by atoms with E-state index in [2.05, 4.69) is 63.2 Å². The van der Waals surface area contributed by atoms with Gasteiger partial charge >= 0.3 is 5.97 Å². The van der Waals surface area contributed by atoms with Gasteiger partial charge in [0.15, 0.2) is 0 Å². The zero-order chi connectivity index (χ0) is 18.4. The van der Waals surface area contributed by atoms with E-state index < -0.39 is 5.97 Å². The number of anilines is 1. The van der Waals surface area contributed by atoms with E-state index in [0.717, 1.165) is 32.3 Å². The van der Waals surface area contributed by atoms with Crippen LogP contribution in [0.25, 0.3) is 0 Å². The Bertz CT molecular complexity index is 739. The van der Waals surface area contributed by atoms with Crippen molar-refractivity contribution in [3.8, 4) is 5.75 Å². The Labute approximate surface area is 164 Å². The van der Waals surface area contributed by atoms with E-state index in [1.165, 1.54) is 5.56 Å². The van der Waals surface area contributed by atoms with Crippen molar-refractivity contribution >= 4 is 43.5 Å². The predicted octanol–water partition coefficient (Wildman–Crippen LogP) is 5.55. The highest BCUT2D eigenvalue weighted by Crippen LogP contribution is 2.36. The average Bonchev–Trinajstić information content (AvgIpc) is 2.55. The zero-order valence-corrected chi connectivity index (χ0v) is 17.4. The number of aliphatic carboxylic acids is 1. The predicted molar refractivity (Wildman–Crippen MR) is 107 cm³/mol. The Morgan fingerprint density at radius 1 is 1.24 bits per heavy atom. The van der Waals surface area contributed by atoms with Gasteiger partial charge in [-0.05, 0) is 87.0 Å². The largest absolute Gasteiger partial charge is 0.487 e. The molecule has 0 aromatic heterocycles. The standard InChI is InChI=1S/C19H21Br2NO3/c1-3-22-17-6-4-5-14(12(17)2)11-25-19-15(20)9-13(10-16(19)21)7-8-18(23)24/h4-6,9-10,22H,3,7-8,11H2,1-2H3,(H,23,24). The van der Waals surface area contributed by atoms with Crippen LogP contribution >= 0.6 is 31.9 Å². The number of carbonyl (C=O) groups is 1. The molecule has 0 spiro atoms. The van der Waals surface area contributed by atoms with Crippen molar-refractivity contribution in [3.05, 3.63) is 56.0 Å². The van der Waals surface area contributed by atoms with Gasteiger partial charge in [0, 0.05) is 18.7 Å². The maximum absolute atomic E-state index is 10.7. The molecule has 0 aliphatic carbocycles. The summed E-state index contributed by atoms with van der Waals surface area (Å²) in [5.74, 6) is -0.0871. The molecule has 2 aromatic rings. The first-order valence-corrected chi connectivity index (χ1v) is 9.65. The van der Waals surface area contributed by atoms with Crippen LogP contribution in [0, 0.1) is 6.92 Å². The number of carboxylic acids is 1. The Morgan fingerprint density at radius 3 is 2.52 bits per heavy atom. The molecule has 0 unspecified atom stereocenters. The summed E-state index contributed by atoms with van der Waals surface area (Å²) in [6.45, 7) is 5.48. The Kier molecular flexibility index (Phi) is 7.32. The molecule has 0 radical (unpaired) electrons. The number of halogens is 2. The summed E-state index contributed by atoms with van der Waals surface area (Å²) >= 11 is 7.04. The third kappa shape index (κ3) is 5.47. The highest BCUT2D eigenvalue weighted by molar-refractivity contribution is 9.11. The van der Waals surface area contributed by atoms with Crippen LogP contribution in [-0.2, 0) is 17.8 Å². The lowest BCUT2D eigenvalue weighted by Gasteiger charge is -2.15. The Balaban J connectivity index is 2.13. The van der Waals surface area contributed by atoms with Gasteiger partial charge in [-0.2, -0.15) is 0 Å². The first-order valence-electron chi connectivity index (χ1n) is 8.07. The maximum Gasteiger partial charge on any atom is 0.303 e. The fourth-order valence-corrected chi connectivity index (χ4v) is 4.03. The zero-order valence-electron chi connectivity index (χ0n) is 14.2. The summed E-state index contributed by atoms with van der Waals surface area (Å²) in [5.41, 5.74) is 4.35. The monoisotopic (exact) mass is 469 g/mol. The van der Waals surface area contributed by atoms with Crippen LogP contribution in [0.4, 0.5) is 5.69 Å². The van der Waals surface area contributed by atoms with Crippen molar-refractivity contribution in [2.24, 2.45) is 0 Å². The van der Waals surface area contributed by atoms with Crippen molar-refractivity contribution in [2.75, 3.05) is 11.9 Å². The molecule has 134 valence electrons. The van der Waals surface area contributed by atoms with E-state index in [4.69, 9.17) is 9.84 Å². The van der Waals surface area contributed by atoms with Crippen molar-refractivity contribution < 1.29 is 14.6 Å². The van der Waals surface area contributed by atoms with Crippen molar-refractivity contribution in [1.82, 2.24) is 0 Å². The van der Waals surface area contributed by atoms with Gasteiger partial charge in [0.05, 0.1) is 8.95 Å². The molecule has 6 heteroatoms. The summed E-state index contributed by atoms with van der Waals surface area (Å²) < 4.78 is 7.63. The van der Waals surface area contributed by atoms with Crippen LogP contribution in [0.5, 0.6) is 5.75 Å². The van der Waals surface area contributed by atoms with Gasteiger partial charge in [-0.1, -0.05) is 12.1 Å². The normalized spacial score (nSPS) is 10.6. The molecule has 2 N–H and O–H groups in total. The topological polar surface area (TPSA) is 58.6 Å². The van der Waals surface area contributed by atoms with Crippen molar-refractivity contribution in [1.29, 1.82) is 0 Å². The highest BCUT2D eigenvalue weighted by atomic mass is 79.9. The van der Waals surface area contributed by atoms with Gasteiger partial charge in [-0.3, -0.25) is 4.79 Å². The average molecular weight is 471 g/mol. The molecular weight excluding hydrogens is 450 g/mol. The van der Waals surface area contributed by atoms with Crippen molar-refractivity contribution in [2.45, 2.75) is 33.3 Å². The molecule has 0 amide bonds. The first-order chi connectivity index (χ1) is 11.9. The van der Waals surface area contributed by atoms with Crippen LogP contribution in [0.1, 0.15) is 30.0 Å². The van der Waals surface area contributed by atoms with Crippen LogP contribution in [0.3, 0.4) is 0 Å². The Morgan fingerprint density at radius 2 is 1.92 bits per heavy atom. The first kappa shape index (κ1) is 19.8. The fourth-order valence-electron chi connectivity index (χ4n) is 2.52. The molecule has 2 aromatic carbocycles. The number of benzene rings is 2. The van der Waals surface area contributed by atoms with E-state index in [1.54, 1.807) is 0 Å². The number of hydrogen-bond acceptors (Lipinski definition) is 3. The maximum atomic E-state index is 10.7. The van der Waals surface area contributed by atoms with Gasteiger partial charge in [-0.15, -0.1) is 0 Å². The molecule has 2 rings (SSSR count). The molecule has 25 heavy (non-hydrogen) atoms. The summed E-state index contributed by atoms with van der Waals surface area (Å²) in [4.78, 5) is 10.7. The van der Waals surface area contributed by atoms with Crippen molar-refractivity contribution in [3.63, 3.8) is 0 Å². The lowest BCUT2D eigenvalue weighted by molar-refractivity contribution is -0.136. The minimum atomic E-state index is -0.802. The van der Waals surface area contributed by atoms with Gasteiger partial charge in [-0.25, -0.2) is 0 Å². The second-order valence-corrected chi connectivity index (χ2v) is 7.40. The highest BCUT2D eigenvalue weighted by Gasteiger charge is 2.12. The Hall–Kier alpha value is -1.53. The summed E-state index contributed by atoms with van der Waals surface area (Å²) in [6.07, 6.45) is 0.589. The molecule has 0 saturated heterocycles. The van der Waals surface area contributed by atoms with Crippen LogP contribution in [0.15, 0.2) is 39.3 Å². The lowest BCUT2D eigenvalue weighted by atomic mass is 10.1. The van der Waals surface area contributed by atoms with Crippen LogP contribution < -0.4 is 10.1 Å². The summed E-state index contributed by atoms with van der Waals surface area (Å²) in [6, 6.07) is 9.95. The van der Waals surface area contributed by atoms with Gasteiger partial charge in [0.2, 0.25) is 0 Å². The number of ether oxygens (including phenoxy) is 1. The van der Waals surface area contributed by atoms with Crippen LogP contribution in [-0.4, -0.2) is 17.6 Å². The number of nitrogens with one attached hydrogen (secondary N) is 1. The third-order valence-electron chi connectivity index (χ3n) is 3.87. The molecular formula is C19H21Br2NO3. The van der Waals surface area contributed by atoms with Gasteiger partial charge in [0.1, 0.15) is 12.4 Å². The van der Waals surface area contributed by atoms with E-state index >= 15 is 0 Å². The lowest BCUT2D eigenvalue weighted by Crippen LogP contribution is -2.04. The number of aryl methyl sites for hydroxylation is 1.